The second kappa shape index (κ2) is 10.5. The van der Waals surface area contributed by atoms with Gasteiger partial charge in [0, 0.05) is 24.1 Å². The smallest absolute Gasteiger partial charge is 0.268 e. The molecule has 0 bridgehead atoms. The highest BCUT2D eigenvalue weighted by atomic mass is 32.1. The minimum atomic E-state index is -0.835. The summed E-state index contributed by atoms with van der Waals surface area (Å²) in [4.78, 5) is 18.2. The quantitative estimate of drug-likeness (QED) is 0.494. The number of nitrogens with zero attached hydrogens (tertiary/aromatic N) is 2. The van der Waals surface area contributed by atoms with Gasteiger partial charge in [-0.3, -0.25) is 4.79 Å². The van der Waals surface area contributed by atoms with Crippen molar-refractivity contribution in [3.05, 3.63) is 40.3 Å². The van der Waals surface area contributed by atoms with Gasteiger partial charge in [-0.1, -0.05) is 12.1 Å². The van der Waals surface area contributed by atoms with Gasteiger partial charge in [-0.2, -0.15) is 4.98 Å². The molecule has 2 aromatic heterocycles. The van der Waals surface area contributed by atoms with Gasteiger partial charge in [0.15, 0.2) is 0 Å². The minimum Gasteiger partial charge on any atom is -0.490 e. The molecule has 31 heavy (non-hydrogen) atoms. The van der Waals surface area contributed by atoms with E-state index < -0.39 is 6.10 Å². The monoisotopic (exact) mass is 445 g/mol. The molecular weight excluding hydrogens is 418 g/mol. The number of nitrogens with one attached hydrogen (secondary N) is 1. The number of ether oxygens (including phenoxy) is 2. The SMILES string of the molecule is CCc1ccc(-c2nc(-c3cc(C)c(OCC(O)CNC(=O)COC)c(C)c3)no2)s1. The van der Waals surface area contributed by atoms with Crippen molar-refractivity contribution in [3.63, 3.8) is 0 Å². The van der Waals surface area contributed by atoms with Gasteiger partial charge in [0.1, 0.15) is 25.1 Å². The number of hydrogen-bond donors (Lipinski definition) is 2. The van der Waals surface area contributed by atoms with Gasteiger partial charge in [0.05, 0.1) is 4.88 Å². The number of carbonyl (C=O) groups is 1. The Balaban J connectivity index is 1.66. The summed E-state index contributed by atoms with van der Waals surface area (Å²) in [6.07, 6.45) is 0.137. The fraction of sp³-hybridized carbons (Fsp3) is 0.409. The molecule has 166 valence electrons. The first-order chi connectivity index (χ1) is 14.9. The Labute approximate surface area is 185 Å². The molecule has 0 aliphatic heterocycles. The Kier molecular flexibility index (Phi) is 7.78. The van der Waals surface area contributed by atoms with E-state index in [2.05, 4.69) is 28.4 Å². The summed E-state index contributed by atoms with van der Waals surface area (Å²) in [6.45, 7) is 6.06. The third-order valence-corrected chi connectivity index (χ3v) is 5.81. The van der Waals surface area contributed by atoms with E-state index in [4.69, 9.17) is 14.0 Å². The molecule has 0 radical (unpaired) electrons. The van der Waals surface area contributed by atoms with Gasteiger partial charge < -0.3 is 24.4 Å². The summed E-state index contributed by atoms with van der Waals surface area (Å²) in [5.41, 5.74) is 2.61. The second-order valence-corrected chi connectivity index (χ2v) is 8.35. The second-order valence-electron chi connectivity index (χ2n) is 7.18. The van der Waals surface area contributed by atoms with Crippen LogP contribution in [-0.4, -0.2) is 54.1 Å². The Morgan fingerprint density at radius 2 is 2.03 bits per heavy atom. The van der Waals surface area contributed by atoms with Gasteiger partial charge in [-0.15, -0.1) is 11.3 Å². The van der Waals surface area contributed by atoms with E-state index in [1.165, 1.54) is 12.0 Å². The Morgan fingerprint density at radius 1 is 1.29 bits per heavy atom. The van der Waals surface area contributed by atoms with Crippen molar-refractivity contribution in [1.82, 2.24) is 15.5 Å². The average Bonchev–Trinajstić information content (AvgIpc) is 3.41. The van der Waals surface area contributed by atoms with Gasteiger partial charge in [-0.05, 0) is 55.7 Å². The predicted octanol–water partition coefficient (Wildman–Crippen LogP) is 3.15. The van der Waals surface area contributed by atoms with Crippen LogP contribution in [0.5, 0.6) is 5.75 Å². The number of hydrogen-bond acceptors (Lipinski definition) is 8. The molecule has 0 saturated carbocycles. The van der Waals surface area contributed by atoms with E-state index >= 15 is 0 Å². The minimum absolute atomic E-state index is 0.0443. The molecule has 0 saturated heterocycles. The molecule has 2 heterocycles. The highest BCUT2D eigenvalue weighted by Gasteiger charge is 2.16. The first kappa shape index (κ1) is 22.9. The van der Waals surface area contributed by atoms with Crippen LogP contribution < -0.4 is 10.1 Å². The number of aryl methyl sites for hydroxylation is 3. The molecule has 0 fully saturated rings. The number of benzene rings is 1. The third kappa shape index (κ3) is 5.90. The van der Waals surface area contributed by atoms with Crippen LogP contribution in [0.4, 0.5) is 0 Å². The molecule has 0 aliphatic rings. The van der Waals surface area contributed by atoms with Crippen LogP contribution in [0.15, 0.2) is 28.8 Å². The molecule has 1 unspecified atom stereocenters. The molecule has 0 aliphatic carbocycles. The maximum atomic E-state index is 11.4. The maximum Gasteiger partial charge on any atom is 0.268 e. The van der Waals surface area contributed by atoms with Gasteiger partial charge in [0.25, 0.3) is 5.89 Å². The number of methoxy groups -OCH3 is 1. The van der Waals surface area contributed by atoms with Crippen molar-refractivity contribution < 1.29 is 23.9 Å². The molecule has 1 amide bonds. The fourth-order valence-electron chi connectivity index (χ4n) is 3.08. The number of amides is 1. The number of aromatic nitrogens is 2. The van der Waals surface area contributed by atoms with E-state index in [0.29, 0.717) is 17.5 Å². The molecule has 3 rings (SSSR count). The molecule has 1 atom stereocenters. The number of carbonyl (C=O) groups excluding carboxylic acids is 1. The molecule has 2 N–H and O–H groups in total. The maximum absolute atomic E-state index is 11.4. The Morgan fingerprint density at radius 3 is 2.68 bits per heavy atom. The lowest BCUT2D eigenvalue weighted by Crippen LogP contribution is -2.37. The number of thiophene rings is 1. The Bertz CT molecular complexity index is 1010. The highest BCUT2D eigenvalue weighted by molar-refractivity contribution is 7.15. The molecule has 3 aromatic rings. The van der Waals surface area contributed by atoms with Gasteiger partial charge in [0.2, 0.25) is 11.7 Å². The summed E-state index contributed by atoms with van der Waals surface area (Å²) in [7, 11) is 1.44. The lowest BCUT2D eigenvalue weighted by molar-refractivity contribution is -0.125. The fourth-order valence-corrected chi connectivity index (χ4v) is 3.95. The van der Waals surface area contributed by atoms with Crippen molar-refractivity contribution in [2.75, 3.05) is 26.9 Å². The zero-order chi connectivity index (χ0) is 22.4. The average molecular weight is 446 g/mol. The summed E-state index contributed by atoms with van der Waals surface area (Å²) < 4.78 is 16.0. The molecule has 1 aromatic carbocycles. The van der Waals surface area contributed by atoms with Crippen molar-refractivity contribution in [2.45, 2.75) is 33.3 Å². The van der Waals surface area contributed by atoms with E-state index in [9.17, 15) is 9.90 Å². The van der Waals surface area contributed by atoms with Crippen LogP contribution in [0.1, 0.15) is 22.9 Å². The lowest BCUT2D eigenvalue weighted by atomic mass is 10.1. The topological polar surface area (TPSA) is 107 Å². The Hall–Kier alpha value is -2.75. The summed E-state index contributed by atoms with van der Waals surface area (Å²) in [5.74, 6) is 1.42. The van der Waals surface area contributed by atoms with Crippen molar-refractivity contribution in [3.8, 4) is 27.9 Å². The number of aliphatic hydroxyl groups excluding tert-OH is 1. The first-order valence-corrected chi connectivity index (χ1v) is 10.8. The molecule has 0 spiro atoms. The normalized spacial score (nSPS) is 12.0. The number of rotatable bonds is 10. The standard InChI is InChI=1S/C22H27N3O5S/c1-5-17-6-7-18(31-17)22-24-21(25-30-22)15-8-13(2)20(14(3)9-15)29-11-16(26)10-23-19(27)12-28-4/h6-9,16,26H,5,10-12H2,1-4H3,(H,23,27). The largest absolute Gasteiger partial charge is 0.490 e. The van der Waals surface area contributed by atoms with Gasteiger partial charge in [-0.25, -0.2) is 0 Å². The predicted molar refractivity (Wildman–Crippen MR) is 118 cm³/mol. The molecule has 8 nitrogen and oxygen atoms in total. The van der Waals surface area contributed by atoms with Crippen molar-refractivity contribution in [1.29, 1.82) is 0 Å². The van der Waals surface area contributed by atoms with Crippen molar-refractivity contribution in [2.24, 2.45) is 0 Å². The zero-order valence-electron chi connectivity index (χ0n) is 18.1. The summed E-state index contributed by atoms with van der Waals surface area (Å²) >= 11 is 1.65. The summed E-state index contributed by atoms with van der Waals surface area (Å²) in [6, 6.07) is 7.92. The first-order valence-electron chi connectivity index (χ1n) is 10.0. The van der Waals surface area contributed by atoms with Gasteiger partial charge >= 0.3 is 0 Å². The lowest BCUT2D eigenvalue weighted by Gasteiger charge is -2.16. The zero-order valence-corrected chi connectivity index (χ0v) is 18.9. The number of aliphatic hydroxyl groups is 1. The van der Waals surface area contributed by atoms with E-state index in [1.807, 2.05) is 32.0 Å². The van der Waals surface area contributed by atoms with E-state index in [1.54, 1.807) is 11.3 Å². The van der Waals surface area contributed by atoms with Crippen molar-refractivity contribution >= 4 is 17.2 Å². The van der Waals surface area contributed by atoms with E-state index in [0.717, 1.165) is 28.0 Å². The molecule has 9 heteroatoms. The van der Waals surface area contributed by atoms with Crippen LogP contribution >= 0.6 is 11.3 Å². The van der Waals surface area contributed by atoms with Crippen LogP contribution in [-0.2, 0) is 16.0 Å². The van der Waals surface area contributed by atoms with Crippen LogP contribution in [0, 0.1) is 13.8 Å². The van der Waals surface area contributed by atoms with Crippen LogP contribution in [0.2, 0.25) is 0 Å². The summed E-state index contributed by atoms with van der Waals surface area (Å²) in [5, 5.41) is 16.8. The third-order valence-electron chi connectivity index (χ3n) is 4.60. The molecular formula is C22H27N3O5S. The van der Waals surface area contributed by atoms with Crippen LogP contribution in [0.25, 0.3) is 22.2 Å². The van der Waals surface area contributed by atoms with E-state index in [-0.39, 0.29) is 25.7 Å². The highest BCUT2D eigenvalue weighted by Crippen LogP contribution is 2.32. The van der Waals surface area contributed by atoms with Crippen LogP contribution in [0.3, 0.4) is 0 Å².